The molecular weight excluding hydrogens is 240 g/mol. The molecule has 0 saturated heterocycles. The van der Waals surface area contributed by atoms with Gasteiger partial charge in [-0.3, -0.25) is 14.5 Å². The van der Waals surface area contributed by atoms with E-state index in [1.807, 2.05) is 12.1 Å². The molecule has 1 amide bonds. The zero-order valence-electron chi connectivity index (χ0n) is 9.00. The standard InChI is InChI=1S/C11H12N2O3S/c12-7-6-17-9-4-2-1-3-8(9)13(11(7)16)5-10(14)15/h1-4,7H,5-6,12H2,(H,14,15)/t7-/m1/s1. The van der Waals surface area contributed by atoms with E-state index in [1.54, 1.807) is 12.1 Å². The maximum Gasteiger partial charge on any atom is 0.323 e. The molecule has 1 aliphatic rings. The molecule has 1 aromatic carbocycles. The summed E-state index contributed by atoms with van der Waals surface area (Å²) in [5.41, 5.74) is 6.34. The molecule has 2 rings (SSSR count). The Kier molecular flexibility index (Phi) is 3.35. The van der Waals surface area contributed by atoms with Crippen molar-refractivity contribution in [2.75, 3.05) is 17.2 Å². The number of carboxylic acid groups (broad SMARTS) is 1. The minimum atomic E-state index is -1.05. The Balaban J connectivity index is 2.43. The summed E-state index contributed by atoms with van der Waals surface area (Å²) in [5.74, 6) is -0.927. The summed E-state index contributed by atoms with van der Waals surface area (Å²) in [4.78, 5) is 24.9. The smallest absolute Gasteiger partial charge is 0.323 e. The van der Waals surface area contributed by atoms with Gasteiger partial charge in [0.25, 0.3) is 0 Å². The lowest BCUT2D eigenvalue weighted by Gasteiger charge is -2.22. The Bertz CT molecular complexity index is 464. The number of nitrogens with two attached hydrogens (primary N) is 1. The number of rotatable bonds is 2. The van der Waals surface area contributed by atoms with E-state index in [1.165, 1.54) is 16.7 Å². The first-order chi connectivity index (χ1) is 8.09. The van der Waals surface area contributed by atoms with Gasteiger partial charge in [0.1, 0.15) is 6.54 Å². The molecule has 0 radical (unpaired) electrons. The minimum Gasteiger partial charge on any atom is -0.480 e. The Hall–Kier alpha value is -1.53. The van der Waals surface area contributed by atoms with Crippen LogP contribution in [0.25, 0.3) is 0 Å². The van der Waals surface area contributed by atoms with Crippen molar-refractivity contribution in [2.45, 2.75) is 10.9 Å². The second-order valence-electron chi connectivity index (χ2n) is 3.70. The quantitative estimate of drug-likeness (QED) is 0.802. The van der Waals surface area contributed by atoms with Gasteiger partial charge in [-0.1, -0.05) is 12.1 Å². The van der Waals surface area contributed by atoms with Gasteiger partial charge in [0.2, 0.25) is 5.91 Å². The maximum atomic E-state index is 12.0. The summed E-state index contributed by atoms with van der Waals surface area (Å²) in [6.45, 7) is -0.357. The highest BCUT2D eigenvalue weighted by atomic mass is 32.2. The predicted octanol–water partition coefficient (Wildman–Crippen LogP) is 0.537. The van der Waals surface area contributed by atoms with E-state index in [0.717, 1.165) is 4.90 Å². The van der Waals surface area contributed by atoms with Crippen molar-refractivity contribution < 1.29 is 14.7 Å². The van der Waals surface area contributed by atoms with Crippen LogP contribution in [-0.4, -0.2) is 35.3 Å². The van der Waals surface area contributed by atoms with E-state index in [-0.39, 0.29) is 12.5 Å². The number of hydrogen-bond acceptors (Lipinski definition) is 4. The van der Waals surface area contributed by atoms with Crippen LogP contribution in [-0.2, 0) is 9.59 Å². The second kappa shape index (κ2) is 4.77. The number of para-hydroxylation sites is 1. The van der Waals surface area contributed by atoms with Gasteiger partial charge in [-0.25, -0.2) is 0 Å². The molecule has 6 heteroatoms. The molecule has 1 aliphatic heterocycles. The highest BCUT2D eigenvalue weighted by Gasteiger charge is 2.29. The molecule has 1 aromatic rings. The van der Waals surface area contributed by atoms with Crippen LogP contribution in [0.15, 0.2) is 29.2 Å². The summed E-state index contributed by atoms with van der Waals surface area (Å²) in [6, 6.07) is 6.57. The number of anilines is 1. The van der Waals surface area contributed by atoms with E-state index in [9.17, 15) is 9.59 Å². The first-order valence-electron chi connectivity index (χ1n) is 5.10. The molecular formula is C11H12N2O3S. The number of thioether (sulfide) groups is 1. The van der Waals surface area contributed by atoms with Gasteiger partial charge >= 0.3 is 5.97 Å². The molecule has 0 unspecified atom stereocenters. The Morgan fingerprint density at radius 3 is 2.94 bits per heavy atom. The molecule has 0 bridgehead atoms. The van der Waals surface area contributed by atoms with Crippen LogP contribution < -0.4 is 10.6 Å². The summed E-state index contributed by atoms with van der Waals surface area (Å²) in [6.07, 6.45) is 0. The van der Waals surface area contributed by atoms with Crippen molar-refractivity contribution in [3.63, 3.8) is 0 Å². The molecule has 0 fully saturated rings. The van der Waals surface area contributed by atoms with E-state index in [4.69, 9.17) is 10.8 Å². The van der Waals surface area contributed by atoms with E-state index in [2.05, 4.69) is 0 Å². The maximum absolute atomic E-state index is 12.0. The molecule has 1 heterocycles. The summed E-state index contributed by atoms with van der Waals surface area (Å²) in [5, 5.41) is 8.85. The first kappa shape index (κ1) is 11.9. The Morgan fingerprint density at radius 2 is 2.24 bits per heavy atom. The van der Waals surface area contributed by atoms with Crippen molar-refractivity contribution in [3.8, 4) is 0 Å². The number of amides is 1. The minimum absolute atomic E-state index is 0.343. The van der Waals surface area contributed by atoms with Gasteiger partial charge in [-0.05, 0) is 12.1 Å². The monoisotopic (exact) mass is 252 g/mol. The molecule has 0 aromatic heterocycles. The number of nitrogens with zero attached hydrogens (tertiary/aromatic N) is 1. The van der Waals surface area contributed by atoms with Crippen LogP contribution in [0.5, 0.6) is 0 Å². The number of aliphatic carboxylic acids is 1. The van der Waals surface area contributed by atoms with Gasteiger partial charge in [0, 0.05) is 10.6 Å². The summed E-state index contributed by atoms with van der Waals surface area (Å²) >= 11 is 1.47. The molecule has 17 heavy (non-hydrogen) atoms. The zero-order chi connectivity index (χ0) is 12.4. The molecule has 5 nitrogen and oxygen atoms in total. The summed E-state index contributed by atoms with van der Waals surface area (Å²) < 4.78 is 0. The van der Waals surface area contributed by atoms with Gasteiger partial charge < -0.3 is 10.8 Å². The number of carbonyl (C=O) groups excluding carboxylic acids is 1. The van der Waals surface area contributed by atoms with Crippen LogP contribution in [0.3, 0.4) is 0 Å². The lowest BCUT2D eigenvalue weighted by Crippen LogP contribution is -2.46. The van der Waals surface area contributed by atoms with E-state index in [0.29, 0.717) is 11.4 Å². The first-order valence-corrected chi connectivity index (χ1v) is 6.08. The lowest BCUT2D eigenvalue weighted by atomic mass is 10.2. The van der Waals surface area contributed by atoms with Gasteiger partial charge in [0.15, 0.2) is 0 Å². The van der Waals surface area contributed by atoms with Crippen molar-refractivity contribution >= 4 is 29.3 Å². The van der Waals surface area contributed by atoms with Crippen molar-refractivity contribution in [1.29, 1.82) is 0 Å². The van der Waals surface area contributed by atoms with Gasteiger partial charge in [-0.2, -0.15) is 0 Å². The van der Waals surface area contributed by atoms with Crippen LogP contribution in [0.1, 0.15) is 0 Å². The van der Waals surface area contributed by atoms with Crippen LogP contribution in [0.2, 0.25) is 0 Å². The van der Waals surface area contributed by atoms with Crippen LogP contribution in [0.4, 0.5) is 5.69 Å². The SMILES string of the molecule is N[C@@H]1CSc2ccccc2N(CC(=O)O)C1=O. The molecule has 1 atom stereocenters. The normalized spacial score (nSPS) is 19.7. The second-order valence-corrected chi connectivity index (χ2v) is 4.77. The van der Waals surface area contributed by atoms with Crippen LogP contribution >= 0.6 is 11.8 Å². The zero-order valence-corrected chi connectivity index (χ0v) is 9.81. The average Bonchev–Trinajstić information content (AvgIpc) is 2.42. The Morgan fingerprint density at radius 1 is 1.53 bits per heavy atom. The largest absolute Gasteiger partial charge is 0.480 e. The van der Waals surface area contributed by atoms with Crippen LogP contribution in [0, 0.1) is 0 Å². The Labute approximate surface area is 103 Å². The number of fused-ring (bicyclic) bond motifs is 1. The number of carbonyl (C=O) groups is 2. The molecule has 0 spiro atoms. The van der Waals surface area contributed by atoms with Crippen molar-refractivity contribution in [2.24, 2.45) is 5.73 Å². The lowest BCUT2D eigenvalue weighted by molar-refractivity contribution is -0.136. The van der Waals surface area contributed by atoms with Gasteiger partial charge in [0.05, 0.1) is 11.7 Å². The fourth-order valence-electron chi connectivity index (χ4n) is 1.67. The number of hydrogen-bond donors (Lipinski definition) is 2. The van der Waals surface area contributed by atoms with Crippen molar-refractivity contribution in [3.05, 3.63) is 24.3 Å². The van der Waals surface area contributed by atoms with E-state index >= 15 is 0 Å². The van der Waals surface area contributed by atoms with E-state index < -0.39 is 12.0 Å². The highest BCUT2D eigenvalue weighted by molar-refractivity contribution is 7.99. The molecule has 90 valence electrons. The third-order valence-corrected chi connectivity index (χ3v) is 3.63. The molecule has 0 aliphatic carbocycles. The summed E-state index contributed by atoms with van der Waals surface area (Å²) in [7, 11) is 0. The molecule has 3 N–H and O–H groups in total. The number of carboxylic acids is 1. The third kappa shape index (κ3) is 2.42. The fourth-order valence-corrected chi connectivity index (χ4v) is 2.67. The van der Waals surface area contributed by atoms with Gasteiger partial charge in [-0.15, -0.1) is 11.8 Å². The number of benzene rings is 1. The topological polar surface area (TPSA) is 83.6 Å². The third-order valence-electron chi connectivity index (χ3n) is 2.45. The predicted molar refractivity (Wildman–Crippen MR) is 65.1 cm³/mol. The highest BCUT2D eigenvalue weighted by Crippen LogP contribution is 2.33. The van der Waals surface area contributed by atoms with Crippen molar-refractivity contribution in [1.82, 2.24) is 0 Å². The fraction of sp³-hybridized carbons (Fsp3) is 0.273. The average molecular weight is 252 g/mol. The molecule has 0 saturated carbocycles.